The lowest BCUT2D eigenvalue weighted by Crippen LogP contribution is -2.39. The van der Waals surface area contributed by atoms with Gasteiger partial charge in [0.05, 0.1) is 18.8 Å². The van der Waals surface area contributed by atoms with Crippen LogP contribution in [0.5, 0.6) is 5.75 Å². The summed E-state index contributed by atoms with van der Waals surface area (Å²) < 4.78 is 10.8. The van der Waals surface area contributed by atoms with Gasteiger partial charge in [-0.2, -0.15) is 0 Å². The SMILES string of the molecule is COc1ccc(C2CCC(CN(C(=O)CC(C)(C)C)c3nccc4cc(C(=O)OC(C)C)ccc34)CC2)cc1C. The molecule has 0 unspecified atom stereocenters. The fraction of sp³-hybridized carbons (Fsp3) is 0.500. The number of carbonyl (C=O) groups excluding carboxylic acids is 2. The predicted octanol–water partition coefficient (Wildman–Crippen LogP) is 7.86. The monoisotopic (exact) mass is 544 g/mol. The molecule has 1 amide bonds. The molecule has 1 fully saturated rings. The summed E-state index contributed by atoms with van der Waals surface area (Å²) in [7, 11) is 1.71. The third kappa shape index (κ3) is 7.21. The second-order valence-electron chi connectivity index (χ2n) is 12.7. The Balaban J connectivity index is 1.57. The van der Waals surface area contributed by atoms with Gasteiger partial charge in [-0.15, -0.1) is 0 Å². The largest absolute Gasteiger partial charge is 0.496 e. The first-order chi connectivity index (χ1) is 18.9. The third-order valence-electron chi connectivity index (χ3n) is 7.74. The standard InChI is InChI=1S/C34H44N2O4/c1-22(2)40-33(38)28-12-14-29-27(19-28)16-17-35-32(29)36(31(37)20-34(4,5)6)21-24-8-10-25(11-9-24)26-13-15-30(39-7)23(3)18-26/h12-19,22,24-25H,8-11,20-21H2,1-7H3. The summed E-state index contributed by atoms with van der Waals surface area (Å²) in [6, 6.07) is 13.9. The van der Waals surface area contributed by atoms with Crippen LogP contribution in [0.2, 0.25) is 0 Å². The van der Waals surface area contributed by atoms with Gasteiger partial charge >= 0.3 is 5.97 Å². The Morgan fingerprint density at radius 2 is 1.75 bits per heavy atom. The molecule has 1 aromatic heterocycles. The van der Waals surface area contributed by atoms with E-state index in [-0.39, 0.29) is 23.4 Å². The highest BCUT2D eigenvalue weighted by Gasteiger charge is 2.30. The lowest BCUT2D eigenvalue weighted by atomic mass is 9.78. The average Bonchev–Trinajstić information content (AvgIpc) is 2.90. The van der Waals surface area contributed by atoms with E-state index in [2.05, 4.69) is 45.9 Å². The minimum atomic E-state index is -0.347. The number of esters is 1. The van der Waals surface area contributed by atoms with Crippen molar-refractivity contribution in [3.63, 3.8) is 0 Å². The lowest BCUT2D eigenvalue weighted by molar-refractivity contribution is -0.120. The van der Waals surface area contributed by atoms with E-state index in [4.69, 9.17) is 14.5 Å². The number of rotatable bonds is 8. The van der Waals surface area contributed by atoms with Gasteiger partial charge in [0, 0.05) is 24.5 Å². The summed E-state index contributed by atoms with van der Waals surface area (Å²) in [5.74, 6) is 2.26. The maximum absolute atomic E-state index is 13.8. The van der Waals surface area contributed by atoms with Gasteiger partial charge in [0.1, 0.15) is 11.6 Å². The Morgan fingerprint density at radius 1 is 1.02 bits per heavy atom. The minimum Gasteiger partial charge on any atom is -0.496 e. The average molecular weight is 545 g/mol. The molecule has 0 atom stereocenters. The highest BCUT2D eigenvalue weighted by molar-refractivity contribution is 6.04. The zero-order chi connectivity index (χ0) is 29.0. The van der Waals surface area contributed by atoms with Crippen molar-refractivity contribution in [1.29, 1.82) is 0 Å². The van der Waals surface area contributed by atoms with Crippen molar-refractivity contribution in [2.75, 3.05) is 18.6 Å². The van der Waals surface area contributed by atoms with Gasteiger partial charge in [-0.05, 0) is 111 Å². The van der Waals surface area contributed by atoms with Crippen molar-refractivity contribution in [2.24, 2.45) is 11.3 Å². The molecule has 6 heteroatoms. The molecule has 2 aromatic carbocycles. The molecule has 0 N–H and O–H groups in total. The van der Waals surface area contributed by atoms with Crippen molar-refractivity contribution in [2.45, 2.75) is 85.7 Å². The smallest absolute Gasteiger partial charge is 0.338 e. The highest BCUT2D eigenvalue weighted by atomic mass is 16.5. The number of hydrogen-bond acceptors (Lipinski definition) is 5. The zero-order valence-corrected chi connectivity index (χ0v) is 25.1. The molecule has 0 spiro atoms. The molecule has 3 aromatic rings. The van der Waals surface area contributed by atoms with Crippen LogP contribution in [-0.2, 0) is 9.53 Å². The molecule has 40 heavy (non-hydrogen) atoms. The summed E-state index contributed by atoms with van der Waals surface area (Å²) in [6.07, 6.45) is 6.30. The number of amides is 1. The summed E-state index contributed by atoms with van der Waals surface area (Å²) in [6.45, 7) is 12.7. The summed E-state index contributed by atoms with van der Waals surface area (Å²) in [5, 5.41) is 1.74. The van der Waals surface area contributed by atoms with Gasteiger partial charge < -0.3 is 9.47 Å². The minimum absolute atomic E-state index is 0.0868. The van der Waals surface area contributed by atoms with Crippen molar-refractivity contribution >= 4 is 28.5 Å². The number of carbonyl (C=O) groups is 2. The van der Waals surface area contributed by atoms with Crippen LogP contribution in [0.4, 0.5) is 5.82 Å². The van der Waals surface area contributed by atoms with E-state index >= 15 is 0 Å². The third-order valence-corrected chi connectivity index (χ3v) is 7.74. The molecule has 4 rings (SSSR count). The van der Waals surface area contributed by atoms with Crippen molar-refractivity contribution in [3.8, 4) is 5.75 Å². The van der Waals surface area contributed by atoms with Crippen LogP contribution < -0.4 is 9.64 Å². The number of anilines is 1. The molecule has 1 heterocycles. The van der Waals surface area contributed by atoms with E-state index in [0.29, 0.717) is 36.2 Å². The first-order valence-corrected chi connectivity index (χ1v) is 14.5. The molecule has 6 nitrogen and oxygen atoms in total. The van der Waals surface area contributed by atoms with E-state index in [1.165, 1.54) is 11.1 Å². The number of nitrogens with zero attached hydrogens (tertiary/aromatic N) is 2. The highest BCUT2D eigenvalue weighted by Crippen LogP contribution is 2.39. The molecule has 1 aliphatic rings. The number of aromatic nitrogens is 1. The second-order valence-corrected chi connectivity index (χ2v) is 12.7. The molecule has 0 saturated heterocycles. The van der Waals surface area contributed by atoms with Crippen molar-refractivity contribution < 1.29 is 19.1 Å². The maximum atomic E-state index is 13.8. The predicted molar refractivity (Wildman–Crippen MR) is 161 cm³/mol. The van der Waals surface area contributed by atoms with Crippen molar-refractivity contribution in [3.05, 3.63) is 65.4 Å². The maximum Gasteiger partial charge on any atom is 0.338 e. The van der Waals surface area contributed by atoms with E-state index in [0.717, 1.165) is 42.2 Å². The number of pyridine rings is 1. The Bertz CT molecular complexity index is 1350. The first-order valence-electron chi connectivity index (χ1n) is 14.5. The first kappa shape index (κ1) is 29.6. The van der Waals surface area contributed by atoms with Gasteiger partial charge in [-0.1, -0.05) is 32.9 Å². The van der Waals surface area contributed by atoms with Crippen LogP contribution in [0.15, 0.2) is 48.7 Å². The summed E-state index contributed by atoms with van der Waals surface area (Å²) >= 11 is 0. The van der Waals surface area contributed by atoms with Gasteiger partial charge in [0.25, 0.3) is 0 Å². The normalized spacial score (nSPS) is 17.6. The lowest BCUT2D eigenvalue weighted by Gasteiger charge is -2.34. The van der Waals surface area contributed by atoms with Gasteiger partial charge in [-0.3, -0.25) is 9.69 Å². The fourth-order valence-corrected chi connectivity index (χ4v) is 5.73. The topological polar surface area (TPSA) is 68.7 Å². The van der Waals surface area contributed by atoms with Crippen LogP contribution in [0.3, 0.4) is 0 Å². The van der Waals surface area contributed by atoms with Crippen LogP contribution in [0.1, 0.15) is 94.1 Å². The summed E-state index contributed by atoms with van der Waals surface area (Å²) in [4.78, 5) is 32.9. The second kappa shape index (κ2) is 12.4. The number of aryl methyl sites for hydroxylation is 1. The quantitative estimate of drug-likeness (QED) is 0.270. The van der Waals surface area contributed by atoms with Gasteiger partial charge in [-0.25, -0.2) is 9.78 Å². The molecular weight excluding hydrogens is 500 g/mol. The fourth-order valence-electron chi connectivity index (χ4n) is 5.73. The van der Waals surface area contributed by atoms with E-state index in [1.54, 1.807) is 19.4 Å². The van der Waals surface area contributed by atoms with E-state index in [9.17, 15) is 9.59 Å². The Kier molecular flexibility index (Phi) is 9.17. The Hall–Kier alpha value is -3.41. The molecule has 0 radical (unpaired) electrons. The van der Waals surface area contributed by atoms with E-state index in [1.807, 2.05) is 36.9 Å². The Morgan fingerprint density at radius 3 is 2.38 bits per heavy atom. The molecule has 1 aliphatic carbocycles. The number of hydrogen-bond donors (Lipinski definition) is 0. The molecule has 1 saturated carbocycles. The number of benzene rings is 2. The van der Waals surface area contributed by atoms with Gasteiger partial charge in [0.15, 0.2) is 0 Å². The number of fused-ring (bicyclic) bond motifs is 1. The van der Waals surface area contributed by atoms with E-state index < -0.39 is 0 Å². The number of ether oxygens (including phenoxy) is 2. The number of methoxy groups -OCH3 is 1. The molecule has 0 bridgehead atoms. The van der Waals surface area contributed by atoms with Crippen LogP contribution >= 0.6 is 0 Å². The van der Waals surface area contributed by atoms with Crippen LogP contribution in [0, 0.1) is 18.3 Å². The molecular formula is C34H44N2O4. The Labute approximate surface area is 239 Å². The van der Waals surface area contributed by atoms with Crippen molar-refractivity contribution in [1.82, 2.24) is 4.98 Å². The summed E-state index contributed by atoms with van der Waals surface area (Å²) in [5.41, 5.74) is 2.90. The zero-order valence-electron chi connectivity index (χ0n) is 25.1. The van der Waals surface area contributed by atoms with Gasteiger partial charge in [0.2, 0.25) is 5.91 Å². The van der Waals surface area contributed by atoms with Crippen LogP contribution in [-0.4, -0.2) is 36.6 Å². The molecule has 214 valence electrons. The molecule has 0 aliphatic heterocycles. The van der Waals surface area contributed by atoms with Crippen LogP contribution in [0.25, 0.3) is 10.8 Å².